The highest BCUT2D eigenvalue weighted by Crippen LogP contribution is 2.40. The van der Waals surface area contributed by atoms with Gasteiger partial charge in [-0.1, -0.05) is 49.6 Å². The fraction of sp³-hybridized carbons (Fsp3) is 0.400. The van der Waals surface area contributed by atoms with Gasteiger partial charge in [-0.25, -0.2) is 0 Å². The topological polar surface area (TPSA) is 79.5 Å². The molecule has 5 nitrogen and oxygen atoms in total. The minimum absolute atomic E-state index is 0.00632. The van der Waals surface area contributed by atoms with Crippen molar-refractivity contribution in [1.82, 2.24) is 5.32 Å². The largest absolute Gasteiger partial charge is 0.481 e. The molecule has 0 saturated heterocycles. The van der Waals surface area contributed by atoms with Gasteiger partial charge in [0.05, 0.1) is 11.7 Å². The maximum atomic E-state index is 12.7. The van der Waals surface area contributed by atoms with E-state index in [1.54, 1.807) is 12.3 Å². The van der Waals surface area contributed by atoms with Crippen LogP contribution in [0.1, 0.15) is 55.9 Å². The third kappa shape index (κ3) is 3.92. The SMILES string of the molecule is O=C(CC1(C(=O)O)CCCCC1)NC(c1ccccc1)c1ccco1. The first-order chi connectivity index (χ1) is 12.1. The second kappa shape index (κ2) is 7.55. The first-order valence-corrected chi connectivity index (χ1v) is 8.72. The van der Waals surface area contributed by atoms with Crippen LogP contribution < -0.4 is 5.32 Å². The van der Waals surface area contributed by atoms with Crippen LogP contribution in [-0.2, 0) is 9.59 Å². The smallest absolute Gasteiger partial charge is 0.310 e. The Balaban J connectivity index is 1.77. The Morgan fingerprint density at radius 1 is 1.08 bits per heavy atom. The summed E-state index contributed by atoms with van der Waals surface area (Å²) in [6.07, 6.45) is 5.46. The quantitative estimate of drug-likeness (QED) is 0.835. The monoisotopic (exact) mass is 341 g/mol. The van der Waals surface area contributed by atoms with Crippen molar-refractivity contribution in [2.24, 2.45) is 5.41 Å². The number of benzene rings is 1. The Morgan fingerprint density at radius 3 is 2.40 bits per heavy atom. The summed E-state index contributed by atoms with van der Waals surface area (Å²) in [5.41, 5.74) is -0.0361. The summed E-state index contributed by atoms with van der Waals surface area (Å²) < 4.78 is 5.48. The van der Waals surface area contributed by atoms with Crippen LogP contribution in [0, 0.1) is 5.41 Å². The number of carboxylic acids is 1. The fourth-order valence-electron chi connectivity index (χ4n) is 3.63. The number of hydrogen-bond donors (Lipinski definition) is 2. The summed E-state index contributed by atoms with van der Waals surface area (Å²) in [7, 11) is 0. The number of carbonyl (C=O) groups is 2. The number of carbonyl (C=O) groups excluding carboxylic acids is 1. The second-order valence-electron chi connectivity index (χ2n) is 6.75. The molecule has 1 aromatic heterocycles. The summed E-state index contributed by atoms with van der Waals surface area (Å²) in [6.45, 7) is 0. The maximum Gasteiger partial charge on any atom is 0.310 e. The average Bonchev–Trinajstić information content (AvgIpc) is 3.15. The Kier molecular flexibility index (Phi) is 5.22. The van der Waals surface area contributed by atoms with Crippen molar-refractivity contribution in [3.63, 3.8) is 0 Å². The van der Waals surface area contributed by atoms with E-state index >= 15 is 0 Å². The number of amides is 1. The molecule has 132 valence electrons. The molecule has 5 heteroatoms. The molecule has 1 atom stereocenters. The van der Waals surface area contributed by atoms with Crippen LogP contribution in [0.2, 0.25) is 0 Å². The van der Waals surface area contributed by atoms with Crippen LogP contribution in [0.15, 0.2) is 53.1 Å². The van der Waals surface area contributed by atoms with Gasteiger partial charge in [-0.15, -0.1) is 0 Å². The van der Waals surface area contributed by atoms with Gasteiger partial charge in [0.25, 0.3) is 0 Å². The van der Waals surface area contributed by atoms with Gasteiger partial charge >= 0.3 is 5.97 Å². The lowest BCUT2D eigenvalue weighted by Crippen LogP contribution is -2.40. The Morgan fingerprint density at radius 2 is 1.80 bits per heavy atom. The summed E-state index contributed by atoms with van der Waals surface area (Å²) in [5, 5.41) is 12.6. The van der Waals surface area contributed by atoms with Crippen molar-refractivity contribution in [3.05, 3.63) is 60.1 Å². The highest BCUT2D eigenvalue weighted by Gasteiger charge is 2.41. The summed E-state index contributed by atoms with van der Waals surface area (Å²) >= 11 is 0. The Bertz CT molecular complexity index is 703. The highest BCUT2D eigenvalue weighted by atomic mass is 16.4. The number of nitrogens with one attached hydrogen (secondary N) is 1. The predicted molar refractivity (Wildman–Crippen MR) is 92.9 cm³/mol. The summed E-state index contributed by atoms with van der Waals surface area (Å²) in [4.78, 5) is 24.5. The Labute approximate surface area is 147 Å². The number of hydrogen-bond acceptors (Lipinski definition) is 3. The maximum absolute atomic E-state index is 12.7. The molecule has 1 aromatic carbocycles. The molecule has 0 aliphatic heterocycles. The van der Waals surface area contributed by atoms with Gasteiger partial charge in [-0.3, -0.25) is 9.59 Å². The fourth-order valence-corrected chi connectivity index (χ4v) is 3.63. The predicted octanol–water partition coefficient (Wildman–Crippen LogP) is 3.91. The standard InChI is InChI=1S/C20H23NO4/c22-17(14-20(19(23)24)11-5-2-6-12-20)21-18(16-10-7-13-25-16)15-8-3-1-4-9-15/h1,3-4,7-10,13,18H,2,5-6,11-12,14H2,(H,21,22)(H,23,24). The zero-order valence-electron chi connectivity index (χ0n) is 14.1. The van der Waals surface area contributed by atoms with Gasteiger partial charge in [-0.05, 0) is 30.5 Å². The minimum Gasteiger partial charge on any atom is -0.481 e. The lowest BCUT2D eigenvalue weighted by Gasteiger charge is -2.33. The molecule has 1 aliphatic rings. The van der Waals surface area contributed by atoms with Crippen molar-refractivity contribution >= 4 is 11.9 Å². The molecular formula is C20H23NO4. The van der Waals surface area contributed by atoms with Gasteiger partial charge in [0, 0.05) is 6.42 Å². The van der Waals surface area contributed by atoms with Gasteiger partial charge in [0.15, 0.2) is 0 Å². The average molecular weight is 341 g/mol. The summed E-state index contributed by atoms with van der Waals surface area (Å²) in [5.74, 6) is -0.487. The van der Waals surface area contributed by atoms with E-state index in [0.717, 1.165) is 24.8 Å². The molecule has 1 unspecified atom stereocenters. The van der Waals surface area contributed by atoms with E-state index in [1.807, 2.05) is 36.4 Å². The number of carboxylic acid groups (broad SMARTS) is 1. The number of furan rings is 1. The van der Waals surface area contributed by atoms with Crippen molar-refractivity contribution in [2.75, 3.05) is 0 Å². The van der Waals surface area contributed by atoms with Crippen molar-refractivity contribution < 1.29 is 19.1 Å². The lowest BCUT2D eigenvalue weighted by atomic mass is 9.71. The molecule has 3 rings (SSSR count). The van der Waals surface area contributed by atoms with Crippen LogP contribution >= 0.6 is 0 Å². The molecule has 2 N–H and O–H groups in total. The highest BCUT2D eigenvalue weighted by molar-refractivity contribution is 5.85. The first kappa shape index (κ1) is 17.3. The molecule has 1 fully saturated rings. The molecule has 0 spiro atoms. The van der Waals surface area contributed by atoms with E-state index < -0.39 is 17.4 Å². The van der Waals surface area contributed by atoms with Gasteiger partial charge < -0.3 is 14.8 Å². The number of aliphatic carboxylic acids is 1. The van der Waals surface area contributed by atoms with Gasteiger partial charge in [0.1, 0.15) is 11.8 Å². The van der Waals surface area contributed by atoms with Crippen LogP contribution in [0.3, 0.4) is 0 Å². The zero-order chi connectivity index (χ0) is 17.7. The third-order valence-electron chi connectivity index (χ3n) is 5.03. The van der Waals surface area contributed by atoms with Crippen molar-refractivity contribution in [3.8, 4) is 0 Å². The van der Waals surface area contributed by atoms with E-state index in [0.29, 0.717) is 18.6 Å². The number of rotatable bonds is 6. The van der Waals surface area contributed by atoms with Gasteiger partial charge in [-0.2, -0.15) is 0 Å². The summed E-state index contributed by atoms with van der Waals surface area (Å²) in [6, 6.07) is 12.7. The van der Waals surface area contributed by atoms with E-state index in [1.165, 1.54) is 0 Å². The van der Waals surface area contributed by atoms with Gasteiger partial charge in [0.2, 0.25) is 5.91 Å². The normalized spacial score (nSPS) is 17.6. The van der Waals surface area contributed by atoms with Crippen LogP contribution in [0.4, 0.5) is 0 Å². The molecule has 2 aromatic rings. The third-order valence-corrected chi connectivity index (χ3v) is 5.03. The first-order valence-electron chi connectivity index (χ1n) is 8.72. The molecule has 0 radical (unpaired) electrons. The van der Waals surface area contributed by atoms with Crippen LogP contribution in [0.5, 0.6) is 0 Å². The lowest BCUT2D eigenvalue weighted by molar-refractivity contribution is -0.154. The van der Waals surface area contributed by atoms with Crippen LogP contribution in [-0.4, -0.2) is 17.0 Å². The molecule has 0 bridgehead atoms. The Hall–Kier alpha value is -2.56. The van der Waals surface area contributed by atoms with Crippen molar-refractivity contribution in [2.45, 2.75) is 44.6 Å². The molecule has 25 heavy (non-hydrogen) atoms. The van der Waals surface area contributed by atoms with E-state index in [4.69, 9.17) is 4.42 Å². The van der Waals surface area contributed by atoms with E-state index in [-0.39, 0.29) is 12.3 Å². The molecule has 1 heterocycles. The molecule has 1 amide bonds. The molecule has 1 saturated carbocycles. The van der Waals surface area contributed by atoms with E-state index in [2.05, 4.69) is 5.32 Å². The van der Waals surface area contributed by atoms with Crippen LogP contribution in [0.25, 0.3) is 0 Å². The molecule has 1 aliphatic carbocycles. The van der Waals surface area contributed by atoms with E-state index in [9.17, 15) is 14.7 Å². The second-order valence-corrected chi connectivity index (χ2v) is 6.75. The minimum atomic E-state index is -0.938. The molecular weight excluding hydrogens is 318 g/mol. The van der Waals surface area contributed by atoms with Crippen molar-refractivity contribution in [1.29, 1.82) is 0 Å². The zero-order valence-corrected chi connectivity index (χ0v) is 14.1.